The molecule has 7 heteroatoms. The summed E-state index contributed by atoms with van der Waals surface area (Å²) < 4.78 is 50.6. The Bertz CT molecular complexity index is 409. The van der Waals surface area contributed by atoms with E-state index < -0.39 is 35.3 Å². The fourth-order valence-corrected chi connectivity index (χ4v) is 1.48. The summed E-state index contributed by atoms with van der Waals surface area (Å²) in [5.74, 6) is -1.01. The first kappa shape index (κ1) is 14.9. The van der Waals surface area contributed by atoms with Gasteiger partial charge in [-0.2, -0.15) is 13.2 Å². The van der Waals surface area contributed by atoms with Crippen molar-refractivity contribution in [2.45, 2.75) is 24.8 Å². The van der Waals surface area contributed by atoms with E-state index in [-0.39, 0.29) is 13.0 Å². The first-order valence-corrected chi connectivity index (χ1v) is 5.20. The Labute approximate surface area is 101 Å². The average Bonchev–Trinajstić information content (AvgIpc) is 2.27. The van der Waals surface area contributed by atoms with Crippen LogP contribution in [0, 0.1) is 5.82 Å². The third kappa shape index (κ3) is 3.41. The Balaban J connectivity index is 3.08. The van der Waals surface area contributed by atoms with Crippen molar-refractivity contribution in [2.24, 2.45) is 5.73 Å². The second kappa shape index (κ2) is 5.64. The highest BCUT2D eigenvalue weighted by molar-refractivity contribution is 5.29. The van der Waals surface area contributed by atoms with Gasteiger partial charge < -0.3 is 15.9 Å². The van der Waals surface area contributed by atoms with Gasteiger partial charge in [-0.1, -0.05) is 0 Å². The third-order valence-electron chi connectivity index (χ3n) is 2.47. The van der Waals surface area contributed by atoms with E-state index >= 15 is 0 Å². The molecule has 0 amide bonds. The predicted molar refractivity (Wildman–Crippen MR) is 56.0 cm³/mol. The van der Waals surface area contributed by atoms with E-state index in [2.05, 4.69) is 0 Å². The predicted octanol–water partition coefficient (Wildman–Crippen LogP) is 1.59. The Kier molecular flexibility index (Phi) is 4.66. The van der Waals surface area contributed by atoms with Crippen LogP contribution in [0.4, 0.5) is 17.6 Å². The van der Waals surface area contributed by atoms with Gasteiger partial charge in [0.2, 0.25) is 0 Å². The second-order valence-corrected chi connectivity index (χ2v) is 3.82. The van der Waals surface area contributed by atoms with Crippen LogP contribution in [0.15, 0.2) is 18.2 Å². The normalized spacial score (nSPS) is 15.5. The molecule has 2 unspecified atom stereocenters. The summed E-state index contributed by atoms with van der Waals surface area (Å²) in [6.07, 6.45) is -7.83. The number of alkyl halides is 3. The van der Waals surface area contributed by atoms with Crippen molar-refractivity contribution in [1.29, 1.82) is 0 Å². The van der Waals surface area contributed by atoms with E-state index in [4.69, 9.17) is 5.73 Å². The van der Waals surface area contributed by atoms with Crippen molar-refractivity contribution in [3.8, 4) is 0 Å². The minimum atomic E-state index is -4.64. The van der Waals surface area contributed by atoms with Crippen molar-refractivity contribution < 1.29 is 27.8 Å². The lowest BCUT2D eigenvalue weighted by molar-refractivity contribution is -0.137. The highest BCUT2D eigenvalue weighted by atomic mass is 19.4. The van der Waals surface area contributed by atoms with E-state index in [1.807, 2.05) is 0 Å². The van der Waals surface area contributed by atoms with Crippen molar-refractivity contribution in [3.63, 3.8) is 0 Å². The SMILES string of the molecule is NCCC(O)C(O)c1cc(C(F)(F)F)ccc1F. The van der Waals surface area contributed by atoms with E-state index in [1.54, 1.807) is 0 Å². The monoisotopic (exact) mass is 267 g/mol. The molecule has 0 saturated heterocycles. The highest BCUT2D eigenvalue weighted by Gasteiger charge is 2.32. The Morgan fingerprint density at radius 1 is 1.22 bits per heavy atom. The molecule has 102 valence electrons. The van der Waals surface area contributed by atoms with Crippen LogP contribution in [-0.4, -0.2) is 22.9 Å². The fraction of sp³-hybridized carbons (Fsp3) is 0.455. The summed E-state index contributed by atoms with van der Waals surface area (Å²) in [6.45, 7) is 0.0266. The first-order chi connectivity index (χ1) is 8.27. The average molecular weight is 267 g/mol. The maximum absolute atomic E-state index is 13.3. The molecule has 0 saturated carbocycles. The summed E-state index contributed by atoms with van der Waals surface area (Å²) >= 11 is 0. The zero-order valence-corrected chi connectivity index (χ0v) is 9.28. The van der Waals surface area contributed by atoms with Crippen LogP contribution in [0.25, 0.3) is 0 Å². The quantitative estimate of drug-likeness (QED) is 0.726. The minimum Gasteiger partial charge on any atom is -0.390 e. The van der Waals surface area contributed by atoms with Crippen LogP contribution in [0.1, 0.15) is 23.7 Å². The van der Waals surface area contributed by atoms with Gasteiger partial charge in [-0.3, -0.25) is 0 Å². The van der Waals surface area contributed by atoms with Crippen LogP contribution in [-0.2, 0) is 6.18 Å². The van der Waals surface area contributed by atoms with Gasteiger partial charge in [-0.25, -0.2) is 4.39 Å². The molecule has 0 heterocycles. The molecular formula is C11H13F4NO2. The Hall–Kier alpha value is -1.18. The van der Waals surface area contributed by atoms with Crippen LogP contribution >= 0.6 is 0 Å². The molecule has 1 rings (SSSR count). The lowest BCUT2D eigenvalue weighted by Crippen LogP contribution is -2.23. The summed E-state index contributed by atoms with van der Waals surface area (Å²) in [4.78, 5) is 0. The van der Waals surface area contributed by atoms with Crippen LogP contribution < -0.4 is 5.73 Å². The lowest BCUT2D eigenvalue weighted by atomic mass is 9.99. The summed E-state index contributed by atoms with van der Waals surface area (Å²) in [5, 5.41) is 19.0. The van der Waals surface area contributed by atoms with E-state index in [0.29, 0.717) is 18.2 Å². The van der Waals surface area contributed by atoms with Gasteiger partial charge in [0.05, 0.1) is 11.7 Å². The van der Waals surface area contributed by atoms with Gasteiger partial charge in [0.1, 0.15) is 11.9 Å². The molecule has 0 aromatic heterocycles. The van der Waals surface area contributed by atoms with Gasteiger partial charge in [-0.15, -0.1) is 0 Å². The van der Waals surface area contributed by atoms with E-state index in [9.17, 15) is 27.8 Å². The molecule has 1 aromatic carbocycles. The van der Waals surface area contributed by atoms with Crippen molar-refractivity contribution in [3.05, 3.63) is 35.1 Å². The number of rotatable bonds is 4. The zero-order chi connectivity index (χ0) is 13.9. The number of halogens is 4. The van der Waals surface area contributed by atoms with Gasteiger partial charge in [-0.05, 0) is 31.2 Å². The molecule has 0 radical (unpaired) electrons. The van der Waals surface area contributed by atoms with Crippen LogP contribution in [0.2, 0.25) is 0 Å². The van der Waals surface area contributed by atoms with Gasteiger partial charge in [0, 0.05) is 5.56 Å². The molecule has 0 aliphatic rings. The number of benzene rings is 1. The number of nitrogens with two attached hydrogens (primary N) is 1. The molecule has 18 heavy (non-hydrogen) atoms. The van der Waals surface area contributed by atoms with Crippen molar-refractivity contribution >= 4 is 0 Å². The standard InChI is InChI=1S/C11H13F4NO2/c12-8-2-1-6(11(13,14)15)5-7(8)10(18)9(17)3-4-16/h1-2,5,9-10,17-18H,3-4,16H2. The topological polar surface area (TPSA) is 66.5 Å². The molecule has 1 aromatic rings. The van der Waals surface area contributed by atoms with Gasteiger partial charge in [0.25, 0.3) is 0 Å². The molecule has 0 spiro atoms. The molecule has 0 bridgehead atoms. The number of hydrogen-bond donors (Lipinski definition) is 3. The summed E-state index contributed by atoms with van der Waals surface area (Å²) in [6, 6.07) is 1.66. The highest BCUT2D eigenvalue weighted by Crippen LogP contribution is 2.32. The molecule has 0 fully saturated rings. The molecule has 2 atom stereocenters. The van der Waals surface area contributed by atoms with E-state index in [0.717, 1.165) is 0 Å². The molecule has 0 aliphatic carbocycles. The van der Waals surface area contributed by atoms with E-state index in [1.165, 1.54) is 0 Å². The van der Waals surface area contributed by atoms with Crippen LogP contribution in [0.3, 0.4) is 0 Å². The minimum absolute atomic E-state index is 0.0266. The Morgan fingerprint density at radius 2 is 1.83 bits per heavy atom. The summed E-state index contributed by atoms with van der Waals surface area (Å²) in [5.41, 5.74) is 3.46. The maximum atomic E-state index is 13.3. The Morgan fingerprint density at radius 3 is 2.33 bits per heavy atom. The van der Waals surface area contributed by atoms with Gasteiger partial charge >= 0.3 is 6.18 Å². The van der Waals surface area contributed by atoms with Crippen molar-refractivity contribution in [1.82, 2.24) is 0 Å². The maximum Gasteiger partial charge on any atom is 0.416 e. The lowest BCUT2D eigenvalue weighted by Gasteiger charge is -2.19. The molecule has 3 nitrogen and oxygen atoms in total. The number of hydrogen-bond acceptors (Lipinski definition) is 3. The third-order valence-corrected chi connectivity index (χ3v) is 2.47. The van der Waals surface area contributed by atoms with Crippen molar-refractivity contribution in [2.75, 3.05) is 6.54 Å². The zero-order valence-electron chi connectivity index (χ0n) is 9.28. The fourth-order valence-electron chi connectivity index (χ4n) is 1.48. The smallest absolute Gasteiger partial charge is 0.390 e. The molecule has 4 N–H and O–H groups in total. The first-order valence-electron chi connectivity index (χ1n) is 5.20. The number of aliphatic hydroxyl groups is 2. The van der Waals surface area contributed by atoms with Gasteiger partial charge in [0.15, 0.2) is 0 Å². The molecule has 0 aliphatic heterocycles. The summed E-state index contributed by atoms with van der Waals surface area (Å²) in [7, 11) is 0. The number of aliphatic hydroxyl groups excluding tert-OH is 2. The molecular weight excluding hydrogens is 254 g/mol. The van der Waals surface area contributed by atoms with Crippen LogP contribution in [0.5, 0.6) is 0 Å². The second-order valence-electron chi connectivity index (χ2n) is 3.82. The largest absolute Gasteiger partial charge is 0.416 e.